The molecule has 0 N–H and O–H groups in total. The molecule has 0 radical (unpaired) electrons. The van der Waals surface area contributed by atoms with E-state index in [9.17, 15) is 4.39 Å². The maximum atomic E-state index is 12.6. The Morgan fingerprint density at radius 2 is 1.93 bits per heavy atom. The SMILES string of the molecule is CC1(C)CO[C@H](c2ccc(F)cc2)O1. The molecule has 2 rings (SSSR count). The normalized spacial score (nSPS) is 25.2. The van der Waals surface area contributed by atoms with Gasteiger partial charge in [-0.25, -0.2) is 4.39 Å². The van der Waals surface area contributed by atoms with Crippen molar-refractivity contribution in [1.29, 1.82) is 0 Å². The number of hydrogen-bond donors (Lipinski definition) is 0. The molecule has 1 aliphatic rings. The van der Waals surface area contributed by atoms with Crippen LogP contribution >= 0.6 is 0 Å². The van der Waals surface area contributed by atoms with E-state index >= 15 is 0 Å². The molecule has 0 aliphatic carbocycles. The first-order valence-electron chi connectivity index (χ1n) is 4.62. The Kier molecular flexibility index (Phi) is 2.29. The Hall–Kier alpha value is -0.930. The van der Waals surface area contributed by atoms with Gasteiger partial charge in [0.25, 0.3) is 0 Å². The molecule has 1 aromatic carbocycles. The van der Waals surface area contributed by atoms with Gasteiger partial charge in [-0.05, 0) is 26.0 Å². The predicted molar refractivity (Wildman–Crippen MR) is 50.3 cm³/mol. The van der Waals surface area contributed by atoms with Crippen LogP contribution in [-0.4, -0.2) is 12.2 Å². The van der Waals surface area contributed by atoms with Crippen LogP contribution < -0.4 is 0 Å². The minimum absolute atomic E-state index is 0.244. The van der Waals surface area contributed by atoms with Crippen molar-refractivity contribution < 1.29 is 13.9 Å². The highest BCUT2D eigenvalue weighted by Crippen LogP contribution is 2.32. The van der Waals surface area contributed by atoms with Gasteiger partial charge in [-0.2, -0.15) is 0 Å². The summed E-state index contributed by atoms with van der Waals surface area (Å²) in [7, 11) is 0. The second-order valence-corrected chi connectivity index (χ2v) is 4.07. The van der Waals surface area contributed by atoms with Crippen molar-refractivity contribution >= 4 is 0 Å². The van der Waals surface area contributed by atoms with Crippen molar-refractivity contribution in [2.24, 2.45) is 0 Å². The lowest BCUT2D eigenvalue weighted by atomic mass is 10.2. The van der Waals surface area contributed by atoms with Crippen LogP contribution in [0.5, 0.6) is 0 Å². The summed E-state index contributed by atoms with van der Waals surface area (Å²) in [5.74, 6) is -0.244. The van der Waals surface area contributed by atoms with Crippen molar-refractivity contribution in [2.45, 2.75) is 25.7 Å². The van der Waals surface area contributed by atoms with Gasteiger partial charge in [-0.1, -0.05) is 12.1 Å². The summed E-state index contributed by atoms with van der Waals surface area (Å²) < 4.78 is 23.7. The van der Waals surface area contributed by atoms with Crippen molar-refractivity contribution in [3.8, 4) is 0 Å². The summed E-state index contributed by atoms with van der Waals surface area (Å²) in [5, 5.41) is 0. The van der Waals surface area contributed by atoms with E-state index in [-0.39, 0.29) is 17.7 Å². The molecule has 1 aromatic rings. The van der Waals surface area contributed by atoms with Crippen LogP contribution in [0.3, 0.4) is 0 Å². The zero-order valence-corrected chi connectivity index (χ0v) is 8.29. The molecule has 0 spiro atoms. The van der Waals surface area contributed by atoms with Crippen molar-refractivity contribution in [1.82, 2.24) is 0 Å². The molecular formula is C11H13FO2. The third-order valence-electron chi connectivity index (χ3n) is 2.15. The maximum Gasteiger partial charge on any atom is 0.184 e. The van der Waals surface area contributed by atoms with E-state index in [2.05, 4.69) is 0 Å². The first-order chi connectivity index (χ1) is 6.57. The molecule has 1 fully saturated rings. The van der Waals surface area contributed by atoms with Crippen LogP contribution in [0.2, 0.25) is 0 Å². The highest BCUT2D eigenvalue weighted by Gasteiger charge is 2.33. The average Bonchev–Trinajstić information content (AvgIpc) is 2.47. The number of halogens is 1. The number of rotatable bonds is 1. The number of benzene rings is 1. The van der Waals surface area contributed by atoms with Gasteiger partial charge >= 0.3 is 0 Å². The summed E-state index contributed by atoms with van der Waals surface area (Å²) in [5.41, 5.74) is 0.607. The van der Waals surface area contributed by atoms with E-state index in [4.69, 9.17) is 9.47 Å². The Morgan fingerprint density at radius 1 is 1.29 bits per heavy atom. The number of ether oxygens (including phenoxy) is 2. The monoisotopic (exact) mass is 196 g/mol. The molecule has 0 amide bonds. The fourth-order valence-electron chi connectivity index (χ4n) is 1.42. The van der Waals surface area contributed by atoms with Crippen LogP contribution in [0.15, 0.2) is 24.3 Å². The minimum Gasteiger partial charge on any atom is -0.345 e. The summed E-state index contributed by atoms with van der Waals surface area (Å²) in [6.45, 7) is 4.50. The molecule has 0 saturated carbocycles. The molecule has 1 saturated heterocycles. The molecule has 1 aliphatic heterocycles. The van der Waals surface area contributed by atoms with E-state index in [0.29, 0.717) is 6.61 Å². The molecule has 76 valence electrons. The lowest BCUT2D eigenvalue weighted by molar-refractivity contribution is -0.0812. The average molecular weight is 196 g/mol. The Morgan fingerprint density at radius 3 is 2.43 bits per heavy atom. The second-order valence-electron chi connectivity index (χ2n) is 4.07. The zero-order valence-electron chi connectivity index (χ0n) is 8.29. The third kappa shape index (κ3) is 1.94. The molecule has 1 heterocycles. The standard InChI is InChI=1S/C11H13FO2/c1-11(2)7-13-10(14-11)8-3-5-9(12)6-4-8/h3-6,10H,7H2,1-2H3/t10-/m0/s1. The molecule has 14 heavy (non-hydrogen) atoms. The van der Waals surface area contributed by atoms with Crippen LogP contribution in [-0.2, 0) is 9.47 Å². The molecule has 2 nitrogen and oxygen atoms in total. The maximum absolute atomic E-state index is 12.6. The Labute approximate surface area is 82.6 Å². The lowest BCUT2D eigenvalue weighted by Crippen LogP contribution is -2.21. The van der Waals surface area contributed by atoms with Crippen LogP contribution in [0.4, 0.5) is 4.39 Å². The van der Waals surface area contributed by atoms with Gasteiger partial charge in [0.1, 0.15) is 5.82 Å². The molecular weight excluding hydrogens is 183 g/mol. The van der Waals surface area contributed by atoms with E-state index in [1.54, 1.807) is 12.1 Å². The Balaban J connectivity index is 2.14. The van der Waals surface area contributed by atoms with Crippen LogP contribution in [0.1, 0.15) is 25.7 Å². The minimum atomic E-state index is -0.356. The summed E-state index contributed by atoms with van der Waals surface area (Å²) in [4.78, 5) is 0. The quantitative estimate of drug-likeness (QED) is 0.687. The zero-order chi connectivity index (χ0) is 10.2. The predicted octanol–water partition coefficient (Wildman–Crippen LogP) is 2.65. The van der Waals surface area contributed by atoms with Crippen molar-refractivity contribution in [3.05, 3.63) is 35.6 Å². The lowest BCUT2D eigenvalue weighted by Gasteiger charge is -2.15. The van der Waals surface area contributed by atoms with Crippen LogP contribution in [0, 0.1) is 5.82 Å². The van der Waals surface area contributed by atoms with Gasteiger partial charge in [0.05, 0.1) is 12.2 Å². The second kappa shape index (κ2) is 3.33. The van der Waals surface area contributed by atoms with E-state index in [0.717, 1.165) is 5.56 Å². The van der Waals surface area contributed by atoms with Gasteiger partial charge in [-0.3, -0.25) is 0 Å². The topological polar surface area (TPSA) is 18.5 Å². The fourth-order valence-corrected chi connectivity index (χ4v) is 1.42. The third-order valence-corrected chi connectivity index (χ3v) is 2.15. The number of hydrogen-bond acceptors (Lipinski definition) is 2. The largest absolute Gasteiger partial charge is 0.345 e. The highest BCUT2D eigenvalue weighted by atomic mass is 19.1. The van der Waals surface area contributed by atoms with Gasteiger partial charge in [0, 0.05) is 5.56 Å². The van der Waals surface area contributed by atoms with E-state index < -0.39 is 0 Å². The molecule has 0 unspecified atom stereocenters. The molecule has 1 atom stereocenters. The summed E-state index contributed by atoms with van der Waals surface area (Å²) >= 11 is 0. The smallest absolute Gasteiger partial charge is 0.184 e. The first-order valence-corrected chi connectivity index (χ1v) is 4.62. The van der Waals surface area contributed by atoms with Crippen molar-refractivity contribution in [3.63, 3.8) is 0 Å². The molecule has 0 aromatic heterocycles. The molecule has 0 bridgehead atoms. The van der Waals surface area contributed by atoms with E-state index in [1.165, 1.54) is 12.1 Å². The van der Waals surface area contributed by atoms with Gasteiger partial charge < -0.3 is 9.47 Å². The van der Waals surface area contributed by atoms with Gasteiger partial charge in [0.15, 0.2) is 6.29 Å². The van der Waals surface area contributed by atoms with Gasteiger partial charge in [-0.15, -0.1) is 0 Å². The molecule has 3 heteroatoms. The fraction of sp³-hybridized carbons (Fsp3) is 0.455. The van der Waals surface area contributed by atoms with Crippen molar-refractivity contribution in [2.75, 3.05) is 6.61 Å². The summed E-state index contributed by atoms with van der Waals surface area (Å²) in [6.07, 6.45) is -0.356. The Bertz CT molecular complexity index is 319. The summed E-state index contributed by atoms with van der Waals surface area (Å²) in [6, 6.07) is 6.18. The van der Waals surface area contributed by atoms with E-state index in [1.807, 2.05) is 13.8 Å². The highest BCUT2D eigenvalue weighted by molar-refractivity contribution is 5.18. The van der Waals surface area contributed by atoms with Gasteiger partial charge in [0.2, 0.25) is 0 Å². The van der Waals surface area contributed by atoms with Crippen LogP contribution in [0.25, 0.3) is 0 Å². The first kappa shape index (κ1) is 9.62.